The molecule has 0 aliphatic rings. The highest BCUT2D eigenvalue weighted by atomic mass is 15.0. The van der Waals surface area contributed by atoms with Gasteiger partial charge in [-0.2, -0.15) is 0 Å². The minimum absolute atomic E-state index is 0.567. The monoisotopic (exact) mass is 1120 g/mol. The predicted molar refractivity (Wildman–Crippen MR) is 364 cm³/mol. The lowest BCUT2D eigenvalue weighted by molar-refractivity contribution is 1.07. The zero-order valence-corrected chi connectivity index (χ0v) is 47.6. The van der Waals surface area contributed by atoms with Gasteiger partial charge in [0.25, 0.3) is 0 Å². The van der Waals surface area contributed by atoms with E-state index < -0.39 is 0 Å². The lowest BCUT2D eigenvalue weighted by Gasteiger charge is -2.22. The van der Waals surface area contributed by atoms with E-state index in [1.165, 1.54) is 43.4 Å². The number of hydrogen-bond donors (Lipinski definition) is 0. The molecule has 5 aromatic heterocycles. The fraction of sp³-hybridized carbons (Fsp3) is 0. The topological polar surface area (TPSA) is 58.4 Å². The van der Waals surface area contributed by atoms with Gasteiger partial charge in [-0.25, -0.2) is 15.0 Å². The average molecular weight is 1120 g/mol. The number of para-hydroxylation sites is 7. The van der Waals surface area contributed by atoms with Crippen molar-refractivity contribution in [2.45, 2.75) is 0 Å². The van der Waals surface area contributed by atoms with Gasteiger partial charge in [0, 0.05) is 88.0 Å². The van der Waals surface area contributed by atoms with Gasteiger partial charge in [-0.05, 0) is 108 Å². The maximum atomic E-state index is 5.45. The molecule has 0 fully saturated rings. The van der Waals surface area contributed by atoms with E-state index in [1.54, 1.807) is 0 Å². The summed E-state index contributed by atoms with van der Waals surface area (Å²) in [5.74, 6) is 1.76. The van der Waals surface area contributed by atoms with Crippen molar-refractivity contribution in [1.82, 2.24) is 33.2 Å². The van der Waals surface area contributed by atoms with Gasteiger partial charge in [0.05, 0.1) is 49.8 Å². The molecule has 0 saturated carbocycles. The summed E-state index contributed by atoms with van der Waals surface area (Å²) in [6, 6.07) is 112. The van der Waals surface area contributed by atoms with Crippen molar-refractivity contribution >= 4 is 87.2 Å². The lowest BCUT2D eigenvalue weighted by Crippen LogP contribution is -2.05. The maximum absolute atomic E-state index is 5.45. The Morgan fingerprint density at radius 2 is 0.466 bits per heavy atom. The van der Waals surface area contributed by atoms with Crippen LogP contribution in [0.15, 0.2) is 309 Å². The first-order valence-corrected chi connectivity index (χ1v) is 29.9. The third-order valence-electron chi connectivity index (χ3n) is 17.8. The molecule has 0 atom stereocenters. The van der Waals surface area contributed by atoms with E-state index in [2.05, 4.69) is 291 Å². The van der Waals surface area contributed by atoms with Crippen molar-refractivity contribution in [2.24, 2.45) is 0 Å². The summed E-state index contributed by atoms with van der Waals surface area (Å²) in [6.45, 7) is 0. The van der Waals surface area contributed by atoms with Crippen molar-refractivity contribution in [3.8, 4) is 79.2 Å². The van der Waals surface area contributed by atoms with Gasteiger partial charge in [0.15, 0.2) is 17.5 Å². The van der Waals surface area contributed by atoms with Crippen molar-refractivity contribution < 1.29 is 0 Å². The van der Waals surface area contributed by atoms with Gasteiger partial charge in [0.2, 0.25) is 0 Å². The normalized spacial score (nSPS) is 11.9. The van der Waals surface area contributed by atoms with Crippen LogP contribution >= 0.6 is 0 Å². The third-order valence-corrected chi connectivity index (χ3v) is 17.8. The zero-order valence-electron chi connectivity index (χ0n) is 47.6. The summed E-state index contributed by atoms with van der Waals surface area (Å²) in [5.41, 5.74) is 20.1. The number of aromatic nitrogens is 7. The van der Waals surface area contributed by atoms with Gasteiger partial charge in [-0.15, -0.1) is 0 Å². The minimum atomic E-state index is 0.567. The molecule has 0 saturated heterocycles. The van der Waals surface area contributed by atoms with E-state index in [0.29, 0.717) is 17.5 Å². The smallest absolute Gasteiger partial charge is 0.164 e. The Morgan fingerprint density at radius 3 is 0.841 bits per heavy atom. The van der Waals surface area contributed by atoms with Crippen LogP contribution in [-0.2, 0) is 0 Å². The van der Waals surface area contributed by atoms with E-state index in [0.717, 1.165) is 106 Å². The largest absolute Gasteiger partial charge is 0.309 e. The molecular formula is C81H51N7. The standard InChI is InChI=1S/C81H51N7/c1-3-23-52(24-4-1)79-82-80(53-25-5-2-6-26-53)84-81(83-79)56-49-67(54-27-21-29-57(47-54)85-70-38-14-7-31-60(70)61-32-8-15-39-71(61)85)78(68(50-56)55-28-22-30-58(48-55)86-72-40-16-9-33-62(72)63-34-10-17-41-73(63)86)88-76-44-20-13-37-66(76)69-51-59(45-46-77(69)88)87-74-42-18-11-35-64(74)65-36-12-19-43-75(65)87/h1-51H. The Labute approximate surface area is 506 Å². The van der Waals surface area contributed by atoms with E-state index in [1.807, 2.05) is 36.4 Å². The molecule has 0 unspecified atom stereocenters. The van der Waals surface area contributed by atoms with Gasteiger partial charge in [-0.3, -0.25) is 0 Å². The van der Waals surface area contributed by atoms with Crippen LogP contribution in [0, 0.1) is 0 Å². The highest BCUT2D eigenvalue weighted by molar-refractivity contribution is 6.14. The van der Waals surface area contributed by atoms with Crippen LogP contribution in [0.3, 0.4) is 0 Å². The second kappa shape index (κ2) is 19.8. The van der Waals surface area contributed by atoms with Crippen LogP contribution in [0.2, 0.25) is 0 Å². The highest BCUT2D eigenvalue weighted by Crippen LogP contribution is 2.47. The second-order valence-corrected chi connectivity index (χ2v) is 22.7. The molecule has 18 aromatic rings. The van der Waals surface area contributed by atoms with Gasteiger partial charge in [0.1, 0.15) is 0 Å². The van der Waals surface area contributed by atoms with E-state index in [9.17, 15) is 0 Å². The second-order valence-electron chi connectivity index (χ2n) is 22.7. The molecule has 18 rings (SSSR count). The molecule has 0 N–H and O–H groups in total. The lowest BCUT2D eigenvalue weighted by atomic mass is 9.92. The molecule has 0 aliphatic carbocycles. The molecule has 410 valence electrons. The van der Waals surface area contributed by atoms with E-state index in [-0.39, 0.29) is 0 Å². The molecule has 0 spiro atoms. The fourth-order valence-corrected chi connectivity index (χ4v) is 14.0. The maximum Gasteiger partial charge on any atom is 0.164 e. The summed E-state index contributed by atoms with van der Waals surface area (Å²) in [5, 5.41) is 9.59. The van der Waals surface area contributed by atoms with Gasteiger partial charge < -0.3 is 18.3 Å². The van der Waals surface area contributed by atoms with Crippen LogP contribution < -0.4 is 0 Å². The molecule has 7 heteroatoms. The zero-order chi connectivity index (χ0) is 57.8. The van der Waals surface area contributed by atoms with Crippen LogP contribution in [0.25, 0.3) is 166 Å². The van der Waals surface area contributed by atoms with Gasteiger partial charge >= 0.3 is 0 Å². The van der Waals surface area contributed by atoms with Crippen LogP contribution in [0.1, 0.15) is 0 Å². The number of rotatable bonds is 9. The molecular weight excluding hydrogens is 1070 g/mol. The van der Waals surface area contributed by atoms with Crippen molar-refractivity contribution in [3.63, 3.8) is 0 Å². The molecule has 5 heterocycles. The third kappa shape index (κ3) is 7.74. The van der Waals surface area contributed by atoms with E-state index in [4.69, 9.17) is 15.0 Å². The first-order chi connectivity index (χ1) is 43.7. The van der Waals surface area contributed by atoms with Crippen LogP contribution in [0.5, 0.6) is 0 Å². The van der Waals surface area contributed by atoms with Crippen molar-refractivity contribution in [1.29, 1.82) is 0 Å². The summed E-state index contributed by atoms with van der Waals surface area (Å²) < 4.78 is 9.76. The molecule has 0 aliphatic heterocycles. The first-order valence-electron chi connectivity index (χ1n) is 29.9. The minimum Gasteiger partial charge on any atom is -0.309 e. The molecule has 7 nitrogen and oxygen atoms in total. The Morgan fingerprint density at radius 1 is 0.182 bits per heavy atom. The summed E-state index contributed by atoms with van der Waals surface area (Å²) in [4.78, 5) is 16.1. The quantitative estimate of drug-likeness (QED) is 0.145. The molecule has 13 aromatic carbocycles. The number of hydrogen-bond acceptors (Lipinski definition) is 3. The van der Waals surface area contributed by atoms with Crippen LogP contribution in [-0.4, -0.2) is 33.2 Å². The Kier molecular flexibility index (Phi) is 11.2. The number of benzene rings is 13. The summed E-state index contributed by atoms with van der Waals surface area (Å²) >= 11 is 0. The first kappa shape index (κ1) is 49.5. The fourth-order valence-electron chi connectivity index (χ4n) is 14.0. The number of fused-ring (bicyclic) bond motifs is 12. The van der Waals surface area contributed by atoms with E-state index >= 15 is 0 Å². The average Bonchev–Trinajstić information content (AvgIpc) is 2.83. The molecule has 0 amide bonds. The Bertz CT molecular complexity index is 5430. The van der Waals surface area contributed by atoms with Crippen molar-refractivity contribution in [3.05, 3.63) is 309 Å². The molecule has 88 heavy (non-hydrogen) atoms. The number of nitrogens with zero attached hydrogens (tertiary/aromatic N) is 7. The molecule has 0 radical (unpaired) electrons. The Balaban J connectivity index is 0.971. The SMILES string of the molecule is c1ccc(-c2nc(-c3ccccc3)nc(-c3cc(-c4cccc(-n5c6ccccc6c6ccccc65)c4)c(-n4c5ccccc5c5cc(-n6c7ccccc7c7ccccc76)ccc54)c(-c4cccc(-n5c6ccccc6c6ccccc65)c4)c3)n2)cc1. The van der Waals surface area contributed by atoms with Crippen molar-refractivity contribution in [2.75, 3.05) is 0 Å². The van der Waals surface area contributed by atoms with Gasteiger partial charge in [-0.1, -0.05) is 212 Å². The molecule has 0 bridgehead atoms. The summed E-state index contributed by atoms with van der Waals surface area (Å²) in [6.07, 6.45) is 0. The summed E-state index contributed by atoms with van der Waals surface area (Å²) in [7, 11) is 0. The highest BCUT2D eigenvalue weighted by Gasteiger charge is 2.26. The predicted octanol–water partition coefficient (Wildman–Crippen LogP) is 20.6. The Hall–Kier alpha value is -11.9. The van der Waals surface area contributed by atoms with Crippen LogP contribution in [0.4, 0.5) is 0 Å².